The van der Waals surface area contributed by atoms with Crippen LogP contribution in [-0.2, 0) is 16.0 Å². The van der Waals surface area contributed by atoms with Crippen LogP contribution in [0.5, 0.6) is 11.5 Å². The average molecular weight is 415 g/mol. The van der Waals surface area contributed by atoms with E-state index >= 15 is 0 Å². The molecule has 0 aromatic heterocycles. The number of fused-ring (bicyclic) bond motifs is 1. The molecule has 2 aliphatic rings. The molecule has 2 atom stereocenters. The van der Waals surface area contributed by atoms with Gasteiger partial charge in [0.25, 0.3) is 11.8 Å². The lowest BCUT2D eigenvalue weighted by Gasteiger charge is -2.21. The Kier molecular flexibility index (Phi) is 5.10. The second kappa shape index (κ2) is 7.71. The summed E-state index contributed by atoms with van der Waals surface area (Å²) in [6.07, 6.45) is 0.655. The Hall–Kier alpha value is -3.13. The van der Waals surface area contributed by atoms with Gasteiger partial charge in [-0.15, -0.1) is 0 Å². The van der Waals surface area contributed by atoms with Crippen LogP contribution in [0.1, 0.15) is 5.56 Å². The van der Waals surface area contributed by atoms with Crippen molar-refractivity contribution in [2.24, 2.45) is 10.3 Å². The molecule has 1 fully saturated rings. The maximum Gasteiger partial charge on any atom is 0.263 e. The predicted octanol–water partition coefficient (Wildman–Crippen LogP) is 2.89. The fourth-order valence-corrected chi connectivity index (χ4v) is 3.74. The van der Waals surface area contributed by atoms with E-state index in [-0.39, 0.29) is 5.91 Å². The summed E-state index contributed by atoms with van der Waals surface area (Å²) in [6, 6.07) is 10.9. The number of ether oxygens (including phenoxy) is 2. The number of hydrogen-bond donors (Lipinski definition) is 0. The summed E-state index contributed by atoms with van der Waals surface area (Å²) < 4.78 is 10.3. The molecule has 2 aliphatic heterocycles. The molecule has 2 aromatic rings. The van der Waals surface area contributed by atoms with Gasteiger partial charge in [0.15, 0.2) is 12.1 Å². The highest BCUT2D eigenvalue weighted by Gasteiger charge is 2.54. The van der Waals surface area contributed by atoms with E-state index in [2.05, 4.69) is 10.3 Å². The molecule has 0 N–H and O–H groups in total. The van der Waals surface area contributed by atoms with E-state index in [0.717, 1.165) is 16.2 Å². The second-order valence-corrected chi connectivity index (χ2v) is 7.09. The van der Waals surface area contributed by atoms with E-state index in [1.165, 1.54) is 13.2 Å². The van der Waals surface area contributed by atoms with Crippen molar-refractivity contribution in [1.29, 1.82) is 0 Å². The molecule has 2 unspecified atom stereocenters. The first kappa shape index (κ1) is 19.2. The van der Waals surface area contributed by atoms with Gasteiger partial charge in [-0.05, 0) is 42.3 Å². The molecule has 8 nitrogen and oxygen atoms in total. The molecule has 150 valence electrons. The highest BCUT2D eigenvalue weighted by atomic mass is 35.5. The topological polar surface area (TPSA) is 83.8 Å². The van der Waals surface area contributed by atoms with Gasteiger partial charge in [0, 0.05) is 6.54 Å². The minimum atomic E-state index is -0.834. The highest BCUT2D eigenvalue weighted by molar-refractivity contribution is 6.33. The standard InChI is InChI=1S/C20H19ClN4O4/c1-28-14-6-3-12(4-7-14)9-10-24-18-17(22-23-24)19(26)25(20(18)27)13-5-8-16(29-2)15(21)11-13/h3-8,11,17-18H,9-10H2,1-2H3. The van der Waals surface area contributed by atoms with E-state index in [9.17, 15) is 9.59 Å². The molecular weight excluding hydrogens is 396 g/mol. The van der Waals surface area contributed by atoms with Crippen molar-refractivity contribution >= 4 is 29.1 Å². The number of nitrogens with zero attached hydrogens (tertiary/aromatic N) is 4. The van der Waals surface area contributed by atoms with Crippen LogP contribution >= 0.6 is 11.6 Å². The molecule has 2 heterocycles. The Morgan fingerprint density at radius 3 is 2.45 bits per heavy atom. The lowest BCUT2D eigenvalue weighted by atomic mass is 10.1. The van der Waals surface area contributed by atoms with E-state index in [0.29, 0.717) is 29.4 Å². The first-order valence-electron chi connectivity index (χ1n) is 9.05. The third kappa shape index (κ3) is 3.40. The number of amides is 2. The minimum Gasteiger partial charge on any atom is -0.497 e. The van der Waals surface area contributed by atoms with Crippen LogP contribution in [0.2, 0.25) is 5.02 Å². The van der Waals surface area contributed by atoms with Crippen molar-refractivity contribution in [2.45, 2.75) is 18.5 Å². The summed E-state index contributed by atoms with van der Waals surface area (Å²) >= 11 is 6.16. The molecule has 4 rings (SSSR count). The summed E-state index contributed by atoms with van der Waals surface area (Å²) in [7, 11) is 3.11. The fourth-order valence-electron chi connectivity index (χ4n) is 3.49. The zero-order valence-electron chi connectivity index (χ0n) is 15.9. The van der Waals surface area contributed by atoms with E-state index < -0.39 is 18.0 Å². The van der Waals surface area contributed by atoms with Crippen molar-refractivity contribution in [1.82, 2.24) is 5.01 Å². The number of carbonyl (C=O) groups is 2. The second-order valence-electron chi connectivity index (χ2n) is 6.69. The SMILES string of the molecule is COc1ccc(CCN2N=NC3C(=O)N(c4ccc(OC)c(Cl)c4)C(=O)C32)cc1. The quantitative estimate of drug-likeness (QED) is 0.678. The molecule has 9 heteroatoms. The summed E-state index contributed by atoms with van der Waals surface area (Å²) in [4.78, 5) is 26.9. The first-order chi connectivity index (χ1) is 14.0. The van der Waals surface area contributed by atoms with Crippen molar-refractivity contribution < 1.29 is 19.1 Å². The normalized spacial score (nSPS) is 20.4. The monoisotopic (exact) mass is 414 g/mol. The number of carbonyl (C=O) groups excluding carboxylic acids is 2. The lowest BCUT2D eigenvalue weighted by Crippen LogP contribution is -2.40. The molecule has 2 amide bonds. The van der Waals surface area contributed by atoms with Crippen LogP contribution in [0.25, 0.3) is 0 Å². The summed E-state index contributed by atoms with van der Waals surface area (Å²) in [5, 5.41) is 10.0. The Balaban J connectivity index is 1.49. The largest absolute Gasteiger partial charge is 0.497 e. The molecule has 2 aromatic carbocycles. The molecule has 0 saturated carbocycles. The van der Waals surface area contributed by atoms with Crippen LogP contribution in [-0.4, -0.2) is 49.7 Å². The molecule has 0 radical (unpaired) electrons. The number of rotatable bonds is 6. The van der Waals surface area contributed by atoms with Crippen LogP contribution in [0.15, 0.2) is 52.8 Å². The maximum atomic E-state index is 13.0. The maximum absolute atomic E-state index is 13.0. The van der Waals surface area contributed by atoms with Gasteiger partial charge in [-0.1, -0.05) is 29.0 Å². The predicted molar refractivity (Wildman–Crippen MR) is 106 cm³/mol. The zero-order valence-corrected chi connectivity index (χ0v) is 16.7. The Morgan fingerprint density at radius 2 is 1.79 bits per heavy atom. The molecule has 0 spiro atoms. The van der Waals surface area contributed by atoms with Crippen LogP contribution in [0, 0.1) is 0 Å². The van der Waals surface area contributed by atoms with Gasteiger partial charge in [0.05, 0.1) is 24.9 Å². The molecule has 29 heavy (non-hydrogen) atoms. The van der Waals surface area contributed by atoms with Crippen molar-refractivity contribution in [3.8, 4) is 11.5 Å². The van der Waals surface area contributed by atoms with E-state index in [1.54, 1.807) is 24.3 Å². The lowest BCUT2D eigenvalue weighted by molar-refractivity contribution is -0.123. The summed E-state index contributed by atoms with van der Waals surface area (Å²) in [5.74, 6) is 0.480. The Morgan fingerprint density at radius 1 is 1.03 bits per heavy atom. The number of methoxy groups -OCH3 is 2. The van der Waals surface area contributed by atoms with Gasteiger partial charge < -0.3 is 9.47 Å². The Labute approximate surface area is 172 Å². The third-order valence-electron chi connectivity index (χ3n) is 5.04. The van der Waals surface area contributed by atoms with Gasteiger partial charge in [0.2, 0.25) is 0 Å². The summed E-state index contributed by atoms with van der Waals surface area (Å²) in [6.45, 7) is 0.466. The van der Waals surface area contributed by atoms with Crippen LogP contribution < -0.4 is 14.4 Å². The van der Waals surface area contributed by atoms with Crippen LogP contribution in [0.4, 0.5) is 5.69 Å². The number of benzene rings is 2. The van der Waals surface area contributed by atoms with Gasteiger partial charge in [0.1, 0.15) is 11.5 Å². The number of hydrogen-bond acceptors (Lipinski definition) is 7. The molecule has 0 bridgehead atoms. The van der Waals surface area contributed by atoms with Crippen LogP contribution in [0.3, 0.4) is 0 Å². The Bertz CT molecular complexity index is 979. The van der Waals surface area contributed by atoms with Crippen molar-refractivity contribution in [3.63, 3.8) is 0 Å². The first-order valence-corrected chi connectivity index (χ1v) is 9.43. The van der Waals surface area contributed by atoms with Gasteiger partial charge in [-0.3, -0.25) is 14.6 Å². The summed E-state index contributed by atoms with van der Waals surface area (Å²) in [5.41, 5.74) is 1.46. The minimum absolute atomic E-state index is 0.320. The highest BCUT2D eigenvalue weighted by Crippen LogP contribution is 2.35. The fraction of sp³-hybridized carbons (Fsp3) is 0.300. The van der Waals surface area contributed by atoms with Gasteiger partial charge in [-0.2, -0.15) is 5.11 Å². The van der Waals surface area contributed by atoms with Crippen molar-refractivity contribution in [2.75, 3.05) is 25.7 Å². The zero-order chi connectivity index (χ0) is 20.5. The third-order valence-corrected chi connectivity index (χ3v) is 5.34. The number of halogens is 1. The molecular formula is C20H19ClN4O4. The number of imide groups is 1. The van der Waals surface area contributed by atoms with Crippen molar-refractivity contribution in [3.05, 3.63) is 53.1 Å². The van der Waals surface area contributed by atoms with E-state index in [4.69, 9.17) is 21.1 Å². The number of anilines is 1. The van der Waals surface area contributed by atoms with Gasteiger partial charge in [-0.25, -0.2) is 4.90 Å². The smallest absolute Gasteiger partial charge is 0.263 e. The molecule has 1 saturated heterocycles. The average Bonchev–Trinajstić information content (AvgIpc) is 3.26. The van der Waals surface area contributed by atoms with E-state index in [1.807, 2.05) is 24.3 Å². The van der Waals surface area contributed by atoms with Gasteiger partial charge >= 0.3 is 0 Å². The molecule has 0 aliphatic carbocycles.